The fraction of sp³-hybridized carbons (Fsp3) is 0.409. The highest BCUT2D eigenvalue weighted by Gasteiger charge is 2.18. The van der Waals surface area contributed by atoms with E-state index in [4.69, 9.17) is 0 Å². The fourth-order valence-electron chi connectivity index (χ4n) is 3.81. The van der Waals surface area contributed by atoms with E-state index in [0.29, 0.717) is 5.56 Å². The SMILES string of the molecule is Cc1cc(C(=O)Nc2ccc(CCN3CCSCC3)cc2)c2c(C)nn(C)c2n1. The first-order chi connectivity index (χ1) is 14.0. The lowest BCUT2D eigenvalue weighted by Crippen LogP contribution is -2.34. The quantitative estimate of drug-likeness (QED) is 0.700. The van der Waals surface area contributed by atoms with Crippen molar-refractivity contribution >= 4 is 34.4 Å². The van der Waals surface area contributed by atoms with Gasteiger partial charge in [0.05, 0.1) is 16.6 Å². The summed E-state index contributed by atoms with van der Waals surface area (Å²) < 4.78 is 1.73. The van der Waals surface area contributed by atoms with E-state index in [0.717, 1.165) is 41.1 Å². The summed E-state index contributed by atoms with van der Waals surface area (Å²) in [5.74, 6) is 2.35. The molecule has 0 atom stereocenters. The van der Waals surface area contributed by atoms with Crippen LogP contribution in [0.15, 0.2) is 30.3 Å². The highest BCUT2D eigenvalue weighted by molar-refractivity contribution is 7.99. The van der Waals surface area contributed by atoms with E-state index < -0.39 is 0 Å². The van der Waals surface area contributed by atoms with Gasteiger partial charge in [-0.1, -0.05) is 12.1 Å². The summed E-state index contributed by atoms with van der Waals surface area (Å²) in [5, 5.41) is 8.26. The van der Waals surface area contributed by atoms with Crippen LogP contribution >= 0.6 is 11.8 Å². The molecule has 0 radical (unpaired) electrons. The maximum atomic E-state index is 13.0. The van der Waals surface area contributed by atoms with Crippen LogP contribution in [0.5, 0.6) is 0 Å². The Kier molecular flexibility index (Phi) is 5.87. The number of fused-ring (bicyclic) bond motifs is 1. The van der Waals surface area contributed by atoms with Crippen LogP contribution in [0.25, 0.3) is 11.0 Å². The lowest BCUT2D eigenvalue weighted by atomic mass is 10.1. The molecule has 29 heavy (non-hydrogen) atoms. The first-order valence-electron chi connectivity index (χ1n) is 10.0. The molecular formula is C22H27N5OS. The van der Waals surface area contributed by atoms with Gasteiger partial charge in [-0.05, 0) is 44.0 Å². The first-order valence-corrected chi connectivity index (χ1v) is 11.2. The predicted octanol–water partition coefficient (Wildman–Crippen LogP) is 3.43. The Morgan fingerprint density at radius 2 is 1.90 bits per heavy atom. The second-order valence-electron chi connectivity index (χ2n) is 7.57. The Morgan fingerprint density at radius 3 is 2.62 bits per heavy atom. The smallest absolute Gasteiger partial charge is 0.256 e. The van der Waals surface area contributed by atoms with Crippen LogP contribution in [0.4, 0.5) is 5.69 Å². The van der Waals surface area contributed by atoms with Gasteiger partial charge in [-0.25, -0.2) is 4.98 Å². The number of nitrogens with one attached hydrogen (secondary N) is 1. The zero-order chi connectivity index (χ0) is 20.4. The number of aromatic nitrogens is 3. The second kappa shape index (κ2) is 8.55. The minimum atomic E-state index is -0.129. The van der Waals surface area contributed by atoms with E-state index >= 15 is 0 Å². The molecular weight excluding hydrogens is 382 g/mol. The van der Waals surface area contributed by atoms with Gasteiger partial charge in [-0.3, -0.25) is 9.48 Å². The number of rotatable bonds is 5. The number of aryl methyl sites for hydroxylation is 3. The van der Waals surface area contributed by atoms with E-state index in [-0.39, 0.29) is 5.91 Å². The zero-order valence-corrected chi connectivity index (χ0v) is 18.1. The monoisotopic (exact) mass is 409 g/mol. The van der Waals surface area contributed by atoms with Gasteiger partial charge < -0.3 is 10.2 Å². The molecule has 3 heterocycles. The molecule has 0 saturated carbocycles. The molecule has 2 aromatic heterocycles. The van der Waals surface area contributed by atoms with E-state index in [9.17, 15) is 4.79 Å². The number of hydrogen-bond acceptors (Lipinski definition) is 5. The molecule has 6 nitrogen and oxygen atoms in total. The minimum Gasteiger partial charge on any atom is -0.322 e. The molecule has 1 saturated heterocycles. The number of amides is 1. The van der Waals surface area contributed by atoms with Crippen LogP contribution in [0.3, 0.4) is 0 Å². The molecule has 7 heteroatoms. The molecule has 3 aromatic rings. The Hall–Kier alpha value is -2.38. The normalized spacial score (nSPS) is 15.0. The third-order valence-corrected chi connectivity index (χ3v) is 6.32. The van der Waals surface area contributed by atoms with Gasteiger partial charge in [0.1, 0.15) is 0 Å². The Bertz CT molecular complexity index is 1020. The number of hydrogen-bond donors (Lipinski definition) is 1. The molecule has 1 aliphatic rings. The molecule has 1 aromatic carbocycles. The highest BCUT2D eigenvalue weighted by atomic mass is 32.2. The molecule has 1 amide bonds. The van der Waals surface area contributed by atoms with E-state index in [1.54, 1.807) is 4.68 Å². The van der Waals surface area contributed by atoms with Crippen molar-refractivity contribution in [3.8, 4) is 0 Å². The summed E-state index contributed by atoms with van der Waals surface area (Å²) in [5.41, 5.74) is 5.07. The van der Waals surface area contributed by atoms with E-state index in [2.05, 4.69) is 32.4 Å². The number of benzene rings is 1. The van der Waals surface area contributed by atoms with E-state index in [1.807, 2.05) is 50.9 Å². The number of thioether (sulfide) groups is 1. The Balaban J connectivity index is 1.45. The third kappa shape index (κ3) is 4.46. The molecule has 0 spiro atoms. The lowest BCUT2D eigenvalue weighted by molar-refractivity contribution is 0.102. The van der Waals surface area contributed by atoms with Gasteiger partial charge in [-0.15, -0.1) is 0 Å². The second-order valence-corrected chi connectivity index (χ2v) is 8.80. The molecule has 4 rings (SSSR count). The van der Waals surface area contributed by atoms with Crippen LogP contribution in [0.1, 0.15) is 27.3 Å². The van der Waals surface area contributed by atoms with Crippen molar-refractivity contribution in [2.75, 3.05) is 36.5 Å². The van der Waals surface area contributed by atoms with Crippen molar-refractivity contribution in [3.63, 3.8) is 0 Å². The van der Waals surface area contributed by atoms with Crippen molar-refractivity contribution in [3.05, 3.63) is 52.8 Å². The lowest BCUT2D eigenvalue weighted by Gasteiger charge is -2.26. The fourth-order valence-corrected chi connectivity index (χ4v) is 4.79. The van der Waals surface area contributed by atoms with Crippen LogP contribution in [-0.2, 0) is 13.5 Å². The van der Waals surface area contributed by atoms with E-state index in [1.165, 1.54) is 30.2 Å². The van der Waals surface area contributed by atoms with Gasteiger partial charge in [0.25, 0.3) is 5.91 Å². The summed E-state index contributed by atoms with van der Waals surface area (Å²) in [6.45, 7) is 7.28. The molecule has 0 bridgehead atoms. The van der Waals surface area contributed by atoms with Gasteiger partial charge in [0, 0.05) is 49.6 Å². The van der Waals surface area contributed by atoms with Crippen molar-refractivity contribution in [2.24, 2.45) is 7.05 Å². The van der Waals surface area contributed by atoms with Crippen molar-refractivity contribution < 1.29 is 4.79 Å². The molecule has 1 fully saturated rings. The Labute approximate surface area is 175 Å². The largest absolute Gasteiger partial charge is 0.322 e. The maximum Gasteiger partial charge on any atom is 0.256 e. The van der Waals surface area contributed by atoms with Gasteiger partial charge >= 0.3 is 0 Å². The van der Waals surface area contributed by atoms with Crippen LogP contribution in [-0.4, -0.2) is 56.7 Å². The van der Waals surface area contributed by atoms with Crippen molar-refractivity contribution in [1.29, 1.82) is 0 Å². The first kappa shape index (κ1) is 19.9. The topological polar surface area (TPSA) is 63.1 Å². The number of carbonyl (C=O) groups excluding carboxylic acids is 1. The standard InChI is InChI=1S/C22H27N5OS/c1-15-14-19(20-16(2)25-26(3)21(20)23-15)22(28)24-18-6-4-17(5-7-18)8-9-27-10-12-29-13-11-27/h4-7,14H,8-13H2,1-3H3,(H,24,28). The van der Waals surface area contributed by atoms with Crippen molar-refractivity contribution in [2.45, 2.75) is 20.3 Å². The zero-order valence-electron chi connectivity index (χ0n) is 17.2. The van der Waals surface area contributed by atoms with Crippen molar-refractivity contribution in [1.82, 2.24) is 19.7 Å². The van der Waals surface area contributed by atoms with Crippen LogP contribution in [0.2, 0.25) is 0 Å². The predicted molar refractivity (Wildman–Crippen MR) is 120 cm³/mol. The van der Waals surface area contributed by atoms with Gasteiger partial charge in [-0.2, -0.15) is 16.9 Å². The number of anilines is 1. The van der Waals surface area contributed by atoms with Gasteiger partial charge in [0.15, 0.2) is 5.65 Å². The van der Waals surface area contributed by atoms with Crippen LogP contribution in [0, 0.1) is 13.8 Å². The summed E-state index contributed by atoms with van der Waals surface area (Å²) in [6.07, 6.45) is 1.04. The number of nitrogens with zero attached hydrogens (tertiary/aromatic N) is 4. The average molecular weight is 410 g/mol. The highest BCUT2D eigenvalue weighted by Crippen LogP contribution is 2.23. The number of pyridine rings is 1. The molecule has 152 valence electrons. The minimum absolute atomic E-state index is 0.129. The van der Waals surface area contributed by atoms with Gasteiger partial charge in [0.2, 0.25) is 0 Å². The third-order valence-electron chi connectivity index (χ3n) is 5.37. The molecule has 0 unspecified atom stereocenters. The molecule has 1 N–H and O–H groups in total. The summed E-state index contributed by atoms with van der Waals surface area (Å²) >= 11 is 2.04. The Morgan fingerprint density at radius 1 is 1.17 bits per heavy atom. The number of carbonyl (C=O) groups is 1. The average Bonchev–Trinajstić information content (AvgIpc) is 3.01. The summed E-state index contributed by atoms with van der Waals surface area (Å²) in [6, 6.07) is 10.0. The molecule has 1 aliphatic heterocycles. The van der Waals surface area contributed by atoms with Crippen LogP contribution < -0.4 is 5.32 Å². The maximum absolute atomic E-state index is 13.0. The molecule has 0 aliphatic carbocycles. The summed E-state index contributed by atoms with van der Waals surface area (Å²) in [4.78, 5) is 20.0. The summed E-state index contributed by atoms with van der Waals surface area (Å²) in [7, 11) is 1.85.